The fraction of sp³-hybridized carbons (Fsp3) is 0.579. The smallest absolute Gasteiger partial charge is 0.338 e. The summed E-state index contributed by atoms with van der Waals surface area (Å²) in [5.74, 6) is -0.00856. The van der Waals surface area contributed by atoms with E-state index in [1.165, 1.54) is 0 Å². The fourth-order valence-corrected chi connectivity index (χ4v) is 3.00. The maximum Gasteiger partial charge on any atom is 0.338 e. The van der Waals surface area contributed by atoms with Gasteiger partial charge in [-0.15, -0.1) is 0 Å². The van der Waals surface area contributed by atoms with Crippen molar-refractivity contribution in [3.05, 3.63) is 35.4 Å². The predicted octanol–water partition coefficient (Wildman–Crippen LogP) is 2.18. The standard InChI is InChI=1S/C19H28N2O3/c1-2-24-19(23)16-7-3-5-15(13-16)6-4-8-18(22)14-21-11-9-17(20)10-12-21/h3,5,7,13,17H,2,4,6,8-12,14,20H2,1H3. The van der Waals surface area contributed by atoms with Gasteiger partial charge >= 0.3 is 5.97 Å². The normalized spacial score (nSPS) is 16.1. The number of nitrogens with two attached hydrogens (primary N) is 1. The minimum atomic E-state index is -0.293. The van der Waals surface area contributed by atoms with Crippen LogP contribution in [0.25, 0.3) is 0 Å². The van der Waals surface area contributed by atoms with Crippen molar-refractivity contribution >= 4 is 11.8 Å². The minimum Gasteiger partial charge on any atom is -0.462 e. The molecule has 1 aromatic carbocycles. The summed E-state index contributed by atoms with van der Waals surface area (Å²) in [5.41, 5.74) is 7.52. The first-order valence-corrected chi connectivity index (χ1v) is 8.84. The average molecular weight is 332 g/mol. The number of nitrogens with zero attached hydrogens (tertiary/aromatic N) is 1. The van der Waals surface area contributed by atoms with Crippen LogP contribution >= 0.6 is 0 Å². The maximum absolute atomic E-state index is 12.1. The van der Waals surface area contributed by atoms with Crippen LogP contribution in [0, 0.1) is 0 Å². The summed E-state index contributed by atoms with van der Waals surface area (Å²) in [6.45, 7) is 4.56. The lowest BCUT2D eigenvalue weighted by atomic mass is 10.0. The van der Waals surface area contributed by atoms with E-state index in [-0.39, 0.29) is 11.8 Å². The molecule has 1 saturated heterocycles. The number of hydrogen-bond donors (Lipinski definition) is 1. The van der Waals surface area contributed by atoms with Gasteiger partial charge in [-0.3, -0.25) is 9.69 Å². The number of ether oxygens (including phenoxy) is 1. The number of aryl methyl sites for hydroxylation is 1. The van der Waals surface area contributed by atoms with E-state index in [1.54, 1.807) is 13.0 Å². The van der Waals surface area contributed by atoms with Crippen molar-refractivity contribution in [2.75, 3.05) is 26.2 Å². The highest BCUT2D eigenvalue weighted by Crippen LogP contribution is 2.12. The second-order valence-electron chi connectivity index (χ2n) is 6.43. The second kappa shape index (κ2) is 9.55. The first-order chi connectivity index (χ1) is 11.6. The first-order valence-electron chi connectivity index (χ1n) is 8.84. The highest BCUT2D eigenvalue weighted by molar-refractivity contribution is 5.89. The number of rotatable bonds is 8. The van der Waals surface area contributed by atoms with Crippen molar-refractivity contribution in [2.45, 2.75) is 45.1 Å². The van der Waals surface area contributed by atoms with Crippen molar-refractivity contribution in [1.82, 2.24) is 4.90 Å². The van der Waals surface area contributed by atoms with Gasteiger partial charge in [0.1, 0.15) is 5.78 Å². The minimum absolute atomic E-state index is 0.284. The molecule has 0 atom stereocenters. The van der Waals surface area contributed by atoms with Crippen LogP contribution in [0.5, 0.6) is 0 Å². The average Bonchev–Trinajstić information content (AvgIpc) is 2.57. The lowest BCUT2D eigenvalue weighted by molar-refractivity contribution is -0.120. The van der Waals surface area contributed by atoms with Crippen LogP contribution in [-0.4, -0.2) is 48.9 Å². The molecule has 0 radical (unpaired) electrons. The Morgan fingerprint density at radius 3 is 2.75 bits per heavy atom. The Balaban J connectivity index is 1.72. The van der Waals surface area contributed by atoms with Gasteiger partial charge in [-0.2, -0.15) is 0 Å². The van der Waals surface area contributed by atoms with Gasteiger partial charge in [0.05, 0.1) is 18.7 Å². The summed E-state index contributed by atoms with van der Waals surface area (Å²) in [6.07, 6.45) is 4.14. The highest BCUT2D eigenvalue weighted by Gasteiger charge is 2.17. The molecule has 0 unspecified atom stereocenters. The van der Waals surface area contributed by atoms with Gasteiger partial charge in [0.2, 0.25) is 0 Å². The highest BCUT2D eigenvalue weighted by atomic mass is 16.5. The molecule has 0 aliphatic carbocycles. The van der Waals surface area contributed by atoms with Crippen LogP contribution in [0.1, 0.15) is 48.5 Å². The summed E-state index contributed by atoms with van der Waals surface area (Å²) < 4.78 is 5.01. The Morgan fingerprint density at radius 1 is 1.29 bits per heavy atom. The molecule has 5 nitrogen and oxygen atoms in total. The Hall–Kier alpha value is -1.72. The van der Waals surface area contributed by atoms with E-state index in [4.69, 9.17) is 10.5 Å². The molecule has 24 heavy (non-hydrogen) atoms. The number of benzene rings is 1. The van der Waals surface area contributed by atoms with E-state index in [1.807, 2.05) is 18.2 Å². The molecule has 1 heterocycles. The largest absolute Gasteiger partial charge is 0.462 e. The third-order valence-electron chi connectivity index (χ3n) is 4.39. The number of esters is 1. The van der Waals surface area contributed by atoms with Gasteiger partial charge in [0, 0.05) is 25.6 Å². The first kappa shape index (κ1) is 18.6. The molecular formula is C19H28N2O3. The second-order valence-corrected chi connectivity index (χ2v) is 6.43. The third-order valence-corrected chi connectivity index (χ3v) is 4.39. The quantitative estimate of drug-likeness (QED) is 0.739. The van der Waals surface area contributed by atoms with Crippen LogP contribution in [0.3, 0.4) is 0 Å². The maximum atomic E-state index is 12.1. The number of likely N-dealkylation sites (tertiary alicyclic amines) is 1. The molecule has 1 fully saturated rings. The third kappa shape index (κ3) is 6.06. The molecule has 0 amide bonds. The molecule has 2 rings (SSSR count). The molecule has 1 aliphatic heterocycles. The van der Waals surface area contributed by atoms with E-state index < -0.39 is 0 Å². The monoisotopic (exact) mass is 332 g/mol. The molecule has 1 aromatic rings. The van der Waals surface area contributed by atoms with Crippen LogP contribution in [0.15, 0.2) is 24.3 Å². The number of Topliss-reactive ketones (excluding diaryl/α,β-unsaturated/α-hetero) is 1. The van der Waals surface area contributed by atoms with Gasteiger partial charge in [0.15, 0.2) is 0 Å². The molecule has 0 bridgehead atoms. The fourth-order valence-electron chi connectivity index (χ4n) is 3.00. The van der Waals surface area contributed by atoms with Crippen molar-refractivity contribution in [2.24, 2.45) is 5.73 Å². The zero-order valence-corrected chi connectivity index (χ0v) is 14.5. The van der Waals surface area contributed by atoms with Crippen LogP contribution in [0.4, 0.5) is 0 Å². The van der Waals surface area contributed by atoms with Crippen molar-refractivity contribution in [3.8, 4) is 0 Å². The van der Waals surface area contributed by atoms with Crippen LogP contribution < -0.4 is 5.73 Å². The summed E-state index contributed by atoms with van der Waals surface area (Å²) in [4.78, 5) is 26.0. The lowest BCUT2D eigenvalue weighted by Crippen LogP contribution is -2.41. The Bertz CT molecular complexity index is 551. The van der Waals surface area contributed by atoms with Crippen molar-refractivity contribution in [3.63, 3.8) is 0 Å². The Labute approximate surface area is 144 Å². The Morgan fingerprint density at radius 2 is 2.04 bits per heavy atom. The molecule has 1 aliphatic rings. The summed E-state index contributed by atoms with van der Waals surface area (Å²) in [6, 6.07) is 7.75. The lowest BCUT2D eigenvalue weighted by Gasteiger charge is -2.29. The summed E-state index contributed by atoms with van der Waals surface area (Å²) >= 11 is 0. The van der Waals surface area contributed by atoms with Crippen molar-refractivity contribution < 1.29 is 14.3 Å². The van der Waals surface area contributed by atoms with E-state index >= 15 is 0 Å². The van der Waals surface area contributed by atoms with Crippen LogP contribution in [-0.2, 0) is 16.0 Å². The molecule has 132 valence electrons. The molecular weight excluding hydrogens is 304 g/mol. The molecule has 5 heteroatoms. The topological polar surface area (TPSA) is 72.6 Å². The van der Waals surface area contributed by atoms with E-state index in [0.717, 1.165) is 44.3 Å². The Kier molecular flexibility index (Phi) is 7.40. The number of carbonyl (C=O) groups excluding carboxylic acids is 2. The molecule has 0 saturated carbocycles. The summed E-state index contributed by atoms with van der Waals surface area (Å²) in [7, 11) is 0. The van der Waals surface area contributed by atoms with E-state index in [0.29, 0.717) is 31.2 Å². The zero-order valence-electron chi connectivity index (χ0n) is 14.5. The number of ketones is 1. The van der Waals surface area contributed by atoms with Gasteiger partial charge < -0.3 is 10.5 Å². The molecule has 0 aromatic heterocycles. The molecule has 0 spiro atoms. The van der Waals surface area contributed by atoms with Gasteiger partial charge in [-0.25, -0.2) is 4.79 Å². The van der Waals surface area contributed by atoms with Gasteiger partial charge in [-0.05, 0) is 50.3 Å². The van der Waals surface area contributed by atoms with E-state index in [9.17, 15) is 9.59 Å². The van der Waals surface area contributed by atoms with Gasteiger partial charge in [0.25, 0.3) is 0 Å². The van der Waals surface area contributed by atoms with Gasteiger partial charge in [-0.1, -0.05) is 12.1 Å². The predicted molar refractivity (Wildman–Crippen MR) is 94.0 cm³/mol. The van der Waals surface area contributed by atoms with Crippen molar-refractivity contribution in [1.29, 1.82) is 0 Å². The summed E-state index contributed by atoms with van der Waals surface area (Å²) in [5, 5.41) is 0. The van der Waals surface area contributed by atoms with Crippen LogP contribution in [0.2, 0.25) is 0 Å². The number of piperidine rings is 1. The number of hydrogen-bond acceptors (Lipinski definition) is 5. The SMILES string of the molecule is CCOC(=O)c1cccc(CCCC(=O)CN2CCC(N)CC2)c1. The van der Waals surface area contributed by atoms with E-state index in [2.05, 4.69) is 4.90 Å². The number of carbonyl (C=O) groups is 2. The zero-order chi connectivity index (χ0) is 17.4. The molecule has 2 N–H and O–H groups in total.